The van der Waals surface area contributed by atoms with Gasteiger partial charge in [0.05, 0.1) is 11.4 Å². The molecule has 4 nitrogen and oxygen atoms in total. The molecule has 0 aliphatic rings. The Hall–Kier alpha value is -4.58. The third-order valence-corrected chi connectivity index (χ3v) is 5.63. The molecule has 0 bridgehead atoms. The van der Waals surface area contributed by atoms with Gasteiger partial charge in [0.25, 0.3) is 0 Å². The van der Waals surface area contributed by atoms with Crippen molar-refractivity contribution in [2.45, 2.75) is 13.8 Å². The summed E-state index contributed by atoms with van der Waals surface area (Å²) in [7, 11) is -10.7. The predicted octanol–water partition coefficient (Wildman–Crippen LogP) is 11.8. The molecule has 0 fully saturated rings. The maximum Gasteiger partial charge on any atom is 3.00 e. The Bertz CT molecular complexity index is 1720. The van der Waals surface area contributed by atoms with Gasteiger partial charge in [-0.25, -0.2) is 8.78 Å². The Morgan fingerprint density at radius 3 is 1.08 bits per heavy atom. The van der Waals surface area contributed by atoms with Crippen molar-refractivity contribution in [3.05, 3.63) is 156 Å². The smallest absolute Gasteiger partial charge is 0.254 e. The van der Waals surface area contributed by atoms with Crippen LogP contribution in [0.15, 0.2) is 110 Å². The van der Waals surface area contributed by atoms with Gasteiger partial charge in [0.1, 0.15) is 11.6 Å². The molecule has 0 atom stereocenters. The summed E-state index contributed by atoms with van der Waals surface area (Å²) in [5.41, 5.74) is 6.12. The summed E-state index contributed by atoms with van der Waals surface area (Å²) in [5.74, 6) is -1.39. The number of benzene rings is 2. The summed E-state index contributed by atoms with van der Waals surface area (Å²) < 4.78 is 110. The van der Waals surface area contributed by atoms with E-state index in [1.54, 1.807) is 24.5 Å². The first kappa shape index (κ1) is 41.6. The Morgan fingerprint density at radius 2 is 0.820 bits per heavy atom. The molecule has 0 aliphatic heterocycles. The number of nitrogens with zero attached hydrogens (tertiary/aromatic N) is 4. The van der Waals surface area contributed by atoms with Crippen LogP contribution in [0.3, 0.4) is 0 Å². The number of hydrogen-bond donors (Lipinski definition) is 0. The molecule has 16 heteroatoms. The minimum Gasteiger partial charge on any atom is -0.254 e. The zero-order valence-corrected chi connectivity index (χ0v) is 29.0. The van der Waals surface area contributed by atoms with E-state index < -0.39 is 19.4 Å². The van der Waals surface area contributed by atoms with Gasteiger partial charge in [-0.15, -0.1) is 59.7 Å². The maximum atomic E-state index is 12.8. The molecular formula is C34H24F10IrN4P. The van der Waals surface area contributed by atoms with Gasteiger partial charge in [0.2, 0.25) is 0 Å². The summed E-state index contributed by atoms with van der Waals surface area (Å²) in [6.45, 7) is 3.95. The van der Waals surface area contributed by atoms with Crippen LogP contribution in [0.1, 0.15) is 11.1 Å². The number of halogens is 10. The van der Waals surface area contributed by atoms with Crippen molar-refractivity contribution < 1.29 is 62.8 Å². The van der Waals surface area contributed by atoms with E-state index in [0.29, 0.717) is 11.4 Å². The second-order valence-electron chi connectivity index (χ2n) is 9.96. The summed E-state index contributed by atoms with van der Waals surface area (Å²) in [6.07, 6.45) is 6.20. The van der Waals surface area contributed by atoms with Crippen LogP contribution in [0.4, 0.5) is 42.7 Å². The largest absolute Gasteiger partial charge is 3.00 e. The van der Waals surface area contributed by atoms with Crippen molar-refractivity contribution in [2.24, 2.45) is 0 Å². The zero-order chi connectivity index (χ0) is 36.3. The monoisotopic (exact) mass is 902 g/mol. The molecule has 6 rings (SSSR count). The summed E-state index contributed by atoms with van der Waals surface area (Å²) in [6, 6.07) is 27.1. The second kappa shape index (κ2) is 16.9. The van der Waals surface area contributed by atoms with Gasteiger partial charge in [-0.2, -0.15) is 0 Å². The van der Waals surface area contributed by atoms with E-state index in [2.05, 4.69) is 32.1 Å². The normalized spacial score (nSPS) is 11.8. The van der Waals surface area contributed by atoms with E-state index in [0.717, 1.165) is 33.6 Å². The van der Waals surface area contributed by atoms with Crippen molar-refractivity contribution in [3.8, 4) is 33.9 Å². The number of aromatic nitrogens is 4. The average Bonchev–Trinajstić information content (AvgIpc) is 3.02. The van der Waals surface area contributed by atoms with Crippen LogP contribution in [-0.4, -0.2) is 19.9 Å². The van der Waals surface area contributed by atoms with Crippen molar-refractivity contribution in [1.29, 1.82) is 0 Å². The molecule has 4 heterocycles. The van der Waals surface area contributed by atoms with Crippen LogP contribution in [0.5, 0.6) is 0 Å². The van der Waals surface area contributed by atoms with Crippen molar-refractivity contribution in [3.63, 3.8) is 0 Å². The standard InChI is InChI=1S/2C12H9FN.C10H6F2N2.F6P.Ir/c2*1-9-2-7-12(14-8-9)10-3-5-11(13)6-4-10;11-7-1-3-13-9(5-7)10-6-8(12)2-4-14-10;1-7(2,3,4,5)6;/h2*2-3,5-8H,1H3;1-6H;;/q2*-1;;-1;+3. The van der Waals surface area contributed by atoms with Gasteiger partial charge in [-0.1, -0.05) is 24.3 Å². The zero-order valence-electron chi connectivity index (χ0n) is 25.7. The quantitative estimate of drug-likeness (QED) is 0.101. The Labute approximate surface area is 293 Å². The number of aryl methyl sites for hydroxylation is 2. The Morgan fingerprint density at radius 1 is 0.460 bits per heavy atom. The molecule has 6 aromatic rings. The fraction of sp³-hybridized carbons (Fsp3) is 0.0588. The third kappa shape index (κ3) is 17.2. The van der Waals surface area contributed by atoms with Crippen LogP contribution in [-0.2, 0) is 20.1 Å². The van der Waals surface area contributed by atoms with E-state index in [1.165, 1.54) is 60.9 Å². The molecule has 2 aromatic carbocycles. The van der Waals surface area contributed by atoms with E-state index in [-0.39, 0.29) is 31.7 Å². The topological polar surface area (TPSA) is 51.6 Å². The Kier molecular flexibility index (Phi) is 14.0. The van der Waals surface area contributed by atoms with Crippen LogP contribution in [0.2, 0.25) is 0 Å². The predicted molar refractivity (Wildman–Crippen MR) is 167 cm³/mol. The minimum absolute atomic E-state index is 0. The molecule has 0 unspecified atom stereocenters. The average molecular weight is 902 g/mol. The fourth-order valence-corrected chi connectivity index (χ4v) is 3.47. The maximum absolute atomic E-state index is 12.8. The molecular weight excluding hydrogens is 878 g/mol. The fourth-order valence-electron chi connectivity index (χ4n) is 3.47. The van der Waals surface area contributed by atoms with Crippen LogP contribution < -0.4 is 0 Å². The molecule has 50 heavy (non-hydrogen) atoms. The number of rotatable bonds is 3. The van der Waals surface area contributed by atoms with Crippen molar-refractivity contribution in [1.82, 2.24) is 19.9 Å². The molecule has 0 aliphatic carbocycles. The van der Waals surface area contributed by atoms with Gasteiger partial charge in [-0.05, 0) is 48.5 Å². The molecule has 0 saturated carbocycles. The molecule has 0 N–H and O–H groups in total. The first-order valence-electron chi connectivity index (χ1n) is 13.7. The van der Waals surface area contributed by atoms with Gasteiger partial charge in [0, 0.05) is 48.6 Å². The molecule has 0 saturated heterocycles. The molecule has 0 radical (unpaired) electrons. The molecule has 0 amide bonds. The van der Waals surface area contributed by atoms with E-state index >= 15 is 0 Å². The van der Waals surface area contributed by atoms with Crippen molar-refractivity contribution in [2.75, 3.05) is 0 Å². The van der Waals surface area contributed by atoms with Gasteiger partial charge >= 0.3 is 53.1 Å². The van der Waals surface area contributed by atoms with Crippen LogP contribution >= 0.6 is 7.81 Å². The number of pyridine rings is 4. The van der Waals surface area contributed by atoms with Crippen molar-refractivity contribution >= 4 is 7.81 Å². The first-order valence-corrected chi connectivity index (χ1v) is 15.7. The minimum atomic E-state index is -10.7. The first-order chi connectivity index (χ1) is 22.7. The van der Waals surface area contributed by atoms with Gasteiger partial charge in [0.15, 0.2) is 0 Å². The second-order valence-corrected chi connectivity index (χ2v) is 11.9. The van der Waals surface area contributed by atoms with Gasteiger partial charge in [-0.3, -0.25) is 18.7 Å². The van der Waals surface area contributed by atoms with Crippen LogP contribution in [0.25, 0.3) is 33.9 Å². The SMILES string of the molecule is Cc1ccc(-c2[c-]cc(F)cc2)nc1.Cc1ccc(-c2[c-]cc(F)cc2)nc1.F[P-](F)(F)(F)(F)F.Fc1ccnc(-c2cc(F)ccn2)c1.[Ir+3]. The van der Waals surface area contributed by atoms with E-state index in [1.807, 2.05) is 38.1 Å². The van der Waals surface area contributed by atoms with Crippen LogP contribution in [0, 0.1) is 49.2 Å². The Balaban J connectivity index is 0.000000236. The van der Waals surface area contributed by atoms with E-state index in [4.69, 9.17) is 0 Å². The summed E-state index contributed by atoms with van der Waals surface area (Å²) in [5, 5.41) is 0. The molecule has 264 valence electrons. The third-order valence-electron chi connectivity index (χ3n) is 5.63. The van der Waals surface area contributed by atoms with Gasteiger partial charge < -0.3 is 9.97 Å². The molecule has 4 aromatic heterocycles. The van der Waals surface area contributed by atoms with E-state index in [9.17, 15) is 42.7 Å². The summed E-state index contributed by atoms with van der Waals surface area (Å²) in [4.78, 5) is 16.2. The molecule has 0 spiro atoms. The summed E-state index contributed by atoms with van der Waals surface area (Å²) >= 11 is 0. The number of hydrogen-bond acceptors (Lipinski definition) is 4.